The summed E-state index contributed by atoms with van der Waals surface area (Å²) in [6.45, 7) is 1.84. The Hall–Kier alpha value is -1.85. The summed E-state index contributed by atoms with van der Waals surface area (Å²) in [7, 11) is 0. The summed E-state index contributed by atoms with van der Waals surface area (Å²) >= 11 is 0. The molecule has 6 nitrogen and oxygen atoms in total. The number of carbonyl (C=O) groups is 2. The van der Waals surface area contributed by atoms with Crippen molar-refractivity contribution in [3.8, 4) is 0 Å². The molecular formula is C12H16N2O4. The number of aliphatic carboxylic acids is 1. The maximum Gasteiger partial charge on any atom is 0.311 e. The number of hydrogen-bond donors (Lipinski definition) is 2. The van der Waals surface area contributed by atoms with Gasteiger partial charge in [0.05, 0.1) is 5.41 Å². The summed E-state index contributed by atoms with van der Waals surface area (Å²) in [5, 5.41) is 15.5. The average Bonchev–Trinajstić information content (AvgIpc) is 2.95. The summed E-state index contributed by atoms with van der Waals surface area (Å²) < 4.78 is 4.80. The highest BCUT2D eigenvalue weighted by atomic mass is 16.5. The van der Waals surface area contributed by atoms with Gasteiger partial charge in [-0.05, 0) is 19.8 Å². The van der Waals surface area contributed by atoms with Crippen LogP contribution in [-0.4, -0.2) is 28.7 Å². The largest absolute Gasteiger partial charge is 0.481 e. The molecule has 1 aliphatic rings. The molecule has 1 aromatic heterocycles. The second kappa shape index (κ2) is 4.80. The molecule has 1 heterocycles. The Kier molecular flexibility index (Phi) is 3.36. The highest BCUT2D eigenvalue weighted by molar-refractivity contribution is 5.92. The molecule has 0 atom stereocenters. The van der Waals surface area contributed by atoms with Gasteiger partial charge in [-0.15, -0.1) is 0 Å². The van der Waals surface area contributed by atoms with E-state index in [9.17, 15) is 14.7 Å². The van der Waals surface area contributed by atoms with E-state index in [1.54, 1.807) is 6.92 Å². The second-order valence-electron chi connectivity index (χ2n) is 4.80. The standard InChI is InChI=1S/C12H16N2O4/c1-8-6-9(14-18-8)10(15)13-7-12(11(16)17)4-2-3-5-12/h6H,2-5,7H2,1H3,(H,13,15)(H,16,17). The van der Waals surface area contributed by atoms with Gasteiger partial charge in [-0.2, -0.15) is 0 Å². The molecule has 1 saturated carbocycles. The summed E-state index contributed by atoms with van der Waals surface area (Å²) in [5.74, 6) is -0.676. The molecule has 2 rings (SSSR count). The Bertz CT molecular complexity index is 460. The van der Waals surface area contributed by atoms with E-state index in [0.29, 0.717) is 18.6 Å². The van der Waals surface area contributed by atoms with Crippen molar-refractivity contribution in [2.24, 2.45) is 5.41 Å². The Morgan fingerprint density at radius 2 is 2.17 bits per heavy atom. The van der Waals surface area contributed by atoms with Crippen molar-refractivity contribution < 1.29 is 19.2 Å². The molecule has 1 aliphatic carbocycles. The first-order valence-corrected chi connectivity index (χ1v) is 5.98. The van der Waals surface area contributed by atoms with Gasteiger partial charge in [0.15, 0.2) is 5.69 Å². The SMILES string of the molecule is Cc1cc(C(=O)NCC2(C(=O)O)CCCC2)no1. The van der Waals surface area contributed by atoms with Crippen LogP contribution in [0.5, 0.6) is 0 Å². The van der Waals surface area contributed by atoms with Gasteiger partial charge in [0.25, 0.3) is 5.91 Å². The van der Waals surface area contributed by atoms with Crippen LogP contribution >= 0.6 is 0 Å². The van der Waals surface area contributed by atoms with E-state index < -0.39 is 11.4 Å². The van der Waals surface area contributed by atoms with Crippen molar-refractivity contribution in [3.63, 3.8) is 0 Å². The van der Waals surface area contributed by atoms with E-state index >= 15 is 0 Å². The maximum absolute atomic E-state index is 11.8. The van der Waals surface area contributed by atoms with Crippen molar-refractivity contribution in [1.29, 1.82) is 0 Å². The Morgan fingerprint density at radius 3 is 2.67 bits per heavy atom. The smallest absolute Gasteiger partial charge is 0.311 e. The van der Waals surface area contributed by atoms with Gasteiger partial charge in [0, 0.05) is 12.6 Å². The number of rotatable bonds is 4. The van der Waals surface area contributed by atoms with Crippen LogP contribution in [-0.2, 0) is 4.79 Å². The first kappa shape index (κ1) is 12.6. The third-order valence-corrected chi connectivity index (χ3v) is 3.46. The molecule has 0 spiro atoms. The molecule has 98 valence electrons. The van der Waals surface area contributed by atoms with E-state index in [4.69, 9.17) is 4.52 Å². The second-order valence-corrected chi connectivity index (χ2v) is 4.80. The molecule has 0 radical (unpaired) electrons. The lowest BCUT2D eigenvalue weighted by atomic mass is 9.86. The van der Waals surface area contributed by atoms with Gasteiger partial charge in [-0.1, -0.05) is 18.0 Å². The molecule has 6 heteroatoms. The predicted molar refractivity (Wildman–Crippen MR) is 62.1 cm³/mol. The molecule has 1 fully saturated rings. The number of hydrogen-bond acceptors (Lipinski definition) is 4. The van der Waals surface area contributed by atoms with Gasteiger partial charge >= 0.3 is 5.97 Å². The molecule has 0 unspecified atom stereocenters. The van der Waals surface area contributed by atoms with Crippen LogP contribution in [0.2, 0.25) is 0 Å². The fourth-order valence-electron chi connectivity index (χ4n) is 2.33. The fraction of sp³-hybridized carbons (Fsp3) is 0.583. The minimum atomic E-state index is -0.836. The number of aromatic nitrogens is 1. The zero-order chi connectivity index (χ0) is 13.2. The van der Waals surface area contributed by atoms with Crippen LogP contribution in [0.25, 0.3) is 0 Å². The lowest BCUT2D eigenvalue weighted by Crippen LogP contribution is -2.41. The average molecular weight is 252 g/mol. The number of carboxylic acid groups (broad SMARTS) is 1. The predicted octanol–water partition coefficient (Wildman–Crippen LogP) is 1.36. The van der Waals surface area contributed by atoms with Crippen molar-refractivity contribution in [2.75, 3.05) is 6.54 Å². The third kappa shape index (κ3) is 2.37. The van der Waals surface area contributed by atoms with Crippen LogP contribution in [0.15, 0.2) is 10.6 Å². The normalized spacial score (nSPS) is 17.6. The summed E-state index contributed by atoms with van der Waals surface area (Å²) in [5.41, 5.74) is -0.625. The number of carbonyl (C=O) groups excluding carboxylic acids is 1. The highest BCUT2D eigenvalue weighted by Crippen LogP contribution is 2.37. The number of nitrogens with zero attached hydrogens (tertiary/aromatic N) is 1. The number of nitrogens with one attached hydrogen (secondary N) is 1. The van der Waals surface area contributed by atoms with E-state index in [-0.39, 0.29) is 18.1 Å². The zero-order valence-corrected chi connectivity index (χ0v) is 10.2. The van der Waals surface area contributed by atoms with Gasteiger partial charge in [-0.3, -0.25) is 9.59 Å². The van der Waals surface area contributed by atoms with Crippen molar-refractivity contribution >= 4 is 11.9 Å². The van der Waals surface area contributed by atoms with Crippen LogP contribution in [0, 0.1) is 12.3 Å². The molecule has 18 heavy (non-hydrogen) atoms. The van der Waals surface area contributed by atoms with Crippen molar-refractivity contribution in [2.45, 2.75) is 32.6 Å². The van der Waals surface area contributed by atoms with Crippen LogP contribution in [0.3, 0.4) is 0 Å². The topological polar surface area (TPSA) is 92.4 Å². The molecular weight excluding hydrogens is 236 g/mol. The third-order valence-electron chi connectivity index (χ3n) is 3.46. The number of aryl methyl sites for hydroxylation is 1. The van der Waals surface area contributed by atoms with E-state index in [0.717, 1.165) is 12.8 Å². The van der Waals surface area contributed by atoms with Crippen LogP contribution in [0.4, 0.5) is 0 Å². The maximum atomic E-state index is 11.8. The lowest BCUT2D eigenvalue weighted by Gasteiger charge is -2.23. The monoisotopic (exact) mass is 252 g/mol. The van der Waals surface area contributed by atoms with Gasteiger partial charge in [0.2, 0.25) is 0 Å². The lowest BCUT2D eigenvalue weighted by molar-refractivity contribution is -0.148. The molecule has 1 amide bonds. The molecule has 2 N–H and O–H groups in total. The van der Waals surface area contributed by atoms with E-state index in [2.05, 4.69) is 10.5 Å². The van der Waals surface area contributed by atoms with Crippen molar-refractivity contribution in [3.05, 3.63) is 17.5 Å². The summed E-state index contributed by atoms with van der Waals surface area (Å²) in [6, 6.07) is 1.53. The van der Waals surface area contributed by atoms with Gasteiger partial charge in [-0.25, -0.2) is 0 Å². The number of carboxylic acids is 1. The van der Waals surface area contributed by atoms with Crippen LogP contribution in [0.1, 0.15) is 41.9 Å². The van der Waals surface area contributed by atoms with E-state index in [1.165, 1.54) is 6.07 Å². The zero-order valence-electron chi connectivity index (χ0n) is 10.2. The van der Waals surface area contributed by atoms with Crippen molar-refractivity contribution in [1.82, 2.24) is 10.5 Å². The Morgan fingerprint density at radius 1 is 1.50 bits per heavy atom. The summed E-state index contributed by atoms with van der Waals surface area (Å²) in [6.07, 6.45) is 3.01. The minimum Gasteiger partial charge on any atom is -0.481 e. The molecule has 0 bridgehead atoms. The first-order chi connectivity index (χ1) is 8.53. The summed E-state index contributed by atoms with van der Waals surface area (Å²) in [4.78, 5) is 23.0. The van der Waals surface area contributed by atoms with E-state index in [1.807, 2.05) is 0 Å². The van der Waals surface area contributed by atoms with Gasteiger partial charge in [0.1, 0.15) is 5.76 Å². The quantitative estimate of drug-likeness (QED) is 0.844. The molecule has 0 aromatic carbocycles. The van der Waals surface area contributed by atoms with Gasteiger partial charge < -0.3 is 14.9 Å². The highest BCUT2D eigenvalue weighted by Gasteiger charge is 2.41. The molecule has 0 aliphatic heterocycles. The fourth-order valence-corrected chi connectivity index (χ4v) is 2.33. The van der Waals surface area contributed by atoms with Crippen LogP contribution < -0.4 is 5.32 Å². The molecule has 1 aromatic rings. The Balaban J connectivity index is 1.98. The first-order valence-electron chi connectivity index (χ1n) is 5.98. The minimum absolute atomic E-state index is 0.146. The number of amides is 1. The molecule has 0 saturated heterocycles. The Labute approximate surface area is 104 Å².